The lowest BCUT2D eigenvalue weighted by Crippen LogP contribution is -2.32. The fourth-order valence-electron chi connectivity index (χ4n) is 3.57. The molecular weight excluding hydrogens is 395 g/mol. The maximum atomic E-state index is 13.2. The van der Waals surface area contributed by atoms with Crippen LogP contribution in [0.15, 0.2) is 42.5 Å². The van der Waals surface area contributed by atoms with Crippen LogP contribution in [-0.2, 0) is 17.5 Å². The SMILES string of the molecule is COc1ccccc1CN(C)C(=O)CNc1cc(C(F)(F)F)ccc1N1CCCC1. The monoisotopic (exact) mass is 421 g/mol. The summed E-state index contributed by atoms with van der Waals surface area (Å²) in [7, 11) is 3.22. The lowest BCUT2D eigenvalue weighted by atomic mass is 10.1. The van der Waals surface area contributed by atoms with E-state index < -0.39 is 11.7 Å². The maximum absolute atomic E-state index is 13.2. The zero-order chi connectivity index (χ0) is 21.7. The third kappa shape index (κ3) is 5.17. The zero-order valence-corrected chi connectivity index (χ0v) is 17.1. The highest BCUT2D eigenvalue weighted by molar-refractivity contribution is 5.83. The number of hydrogen-bond acceptors (Lipinski definition) is 4. The molecule has 1 saturated heterocycles. The second-order valence-corrected chi connectivity index (χ2v) is 7.34. The molecule has 0 aromatic heterocycles. The van der Waals surface area contributed by atoms with Crippen molar-refractivity contribution < 1.29 is 22.7 Å². The van der Waals surface area contributed by atoms with Gasteiger partial charge in [-0.05, 0) is 37.1 Å². The van der Waals surface area contributed by atoms with E-state index in [1.165, 1.54) is 11.0 Å². The average molecular weight is 421 g/mol. The molecule has 1 N–H and O–H groups in total. The van der Waals surface area contributed by atoms with Crippen LogP contribution in [-0.4, -0.2) is 44.6 Å². The first-order valence-electron chi connectivity index (χ1n) is 9.85. The molecule has 0 spiro atoms. The molecule has 5 nitrogen and oxygen atoms in total. The molecule has 0 saturated carbocycles. The molecule has 1 aliphatic heterocycles. The van der Waals surface area contributed by atoms with E-state index in [1.807, 2.05) is 29.2 Å². The highest BCUT2D eigenvalue weighted by atomic mass is 19.4. The van der Waals surface area contributed by atoms with Gasteiger partial charge in [0.25, 0.3) is 0 Å². The molecule has 0 atom stereocenters. The van der Waals surface area contributed by atoms with Crippen molar-refractivity contribution in [1.29, 1.82) is 0 Å². The fourth-order valence-corrected chi connectivity index (χ4v) is 3.57. The first kappa shape index (κ1) is 21.8. The summed E-state index contributed by atoms with van der Waals surface area (Å²) in [4.78, 5) is 16.2. The van der Waals surface area contributed by atoms with Gasteiger partial charge < -0.3 is 19.9 Å². The molecule has 2 aromatic rings. The van der Waals surface area contributed by atoms with Crippen LogP contribution in [0, 0.1) is 0 Å². The summed E-state index contributed by atoms with van der Waals surface area (Å²) in [5, 5.41) is 2.93. The Bertz CT molecular complexity index is 880. The summed E-state index contributed by atoms with van der Waals surface area (Å²) in [6.07, 6.45) is -2.44. The Kier molecular flexibility index (Phi) is 6.74. The highest BCUT2D eigenvalue weighted by Crippen LogP contribution is 2.36. The minimum absolute atomic E-state index is 0.103. The Hall–Kier alpha value is -2.90. The van der Waals surface area contributed by atoms with Crippen LogP contribution in [0.25, 0.3) is 0 Å². The van der Waals surface area contributed by atoms with Crippen LogP contribution in [0.2, 0.25) is 0 Å². The van der Waals surface area contributed by atoms with Crippen molar-refractivity contribution in [2.24, 2.45) is 0 Å². The van der Waals surface area contributed by atoms with Crippen LogP contribution >= 0.6 is 0 Å². The normalized spacial score (nSPS) is 14.0. The number of halogens is 3. The Morgan fingerprint density at radius 2 is 1.87 bits per heavy atom. The molecule has 0 aliphatic carbocycles. The number of nitrogens with one attached hydrogen (secondary N) is 1. The number of likely N-dealkylation sites (N-methyl/N-ethyl adjacent to an activating group) is 1. The Morgan fingerprint density at radius 1 is 1.17 bits per heavy atom. The van der Waals surface area contributed by atoms with E-state index in [-0.39, 0.29) is 12.5 Å². The van der Waals surface area contributed by atoms with Crippen LogP contribution < -0.4 is 15.0 Å². The van der Waals surface area contributed by atoms with E-state index in [2.05, 4.69) is 5.32 Å². The van der Waals surface area contributed by atoms with Gasteiger partial charge in [0.2, 0.25) is 5.91 Å². The molecule has 8 heteroatoms. The van der Waals surface area contributed by atoms with Gasteiger partial charge in [0.1, 0.15) is 5.75 Å². The second kappa shape index (κ2) is 9.28. The van der Waals surface area contributed by atoms with Crippen molar-refractivity contribution in [3.8, 4) is 5.75 Å². The van der Waals surface area contributed by atoms with Gasteiger partial charge in [-0.2, -0.15) is 13.2 Å². The Morgan fingerprint density at radius 3 is 2.53 bits per heavy atom. The van der Waals surface area contributed by atoms with Gasteiger partial charge in [0, 0.05) is 32.2 Å². The second-order valence-electron chi connectivity index (χ2n) is 7.34. The molecule has 1 heterocycles. The molecule has 162 valence electrons. The Balaban J connectivity index is 1.72. The molecule has 0 unspecified atom stereocenters. The molecule has 1 amide bonds. The lowest BCUT2D eigenvalue weighted by molar-refractivity contribution is -0.137. The number of methoxy groups -OCH3 is 1. The maximum Gasteiger partial charge on any atom is 0.416 e. The van der Waals surface area contributed by atoms with Gasteiger partial charge >= 0.3 is 6.18 Å². The van der Waals surface area contributed by atoms with Crippen molar-refractivity contribution >= 4 is 17.3 Å². The topological polar surface area (TPSA) is 44.8 Å². The molecule has 0 radical (unpaired) electrons. The van der Waals surface area contributed by atoms with Gasteiger partial charge in [0.05, 0.1) is 30.6 Å². The largest absolute Gasteiger partial charge is 0.496 e. The number of nitrogens with zero attached hydrogens (tertiary/aromatic N) is 2. The van der Waals surface area contributed by atoms with Gasteiger partial charge in [0.15, 0.2) is 0 Å². The molecule has 1 aliphatic rings. The van der Waals surface area contributed by atoms with Gasteiger partial charge in [-0.25, -0.2) is 0 Å². The number of para-hydroxylation sites is 1. The molecule has 1 fully saturated rings. The number of alkyl halides is 3. The quantitative estimate of drug-likeness (QED) is 0.721. The number of carbonyl (C=O) groups is 1. The van der Waals surface area contributed by atoms with E-state index in [4.69, 9.17) is 4.74 Å². The zero-order valence-electron chi connectivity index (χ0n) is 17.1. The minimum Gasteiger partial charge on any atom is -0.496 e. The smallest absolute Gasteiger partial charge is 0.416 e. The number of hydrogen-bond donors (Lipinski definition) is 1. The third-order valence-electron chi connectivity index (χ3n) is 5.23. The number of amides is 1. The Labute approximate surface area is 174 Å². The minimum atomic E-state index is -4.44. The molecule has 0 bridgehead atoms. The summed E-state index contributed by atoms with van der Waals surface area (Å²) >= 11 is 0. The number of carbonyl (C=O) groups excluding carboxylic acids is 1. The van der Waals surface area contributed by atoms with Crippen LogP contribution in [0.1, 0.15) is 24.0 Å². The average Bonchev–Trinajstić information content (AvgIpc) is 3.26. The molecule has 30 heavy (non-hydrogen) atoms. The van der Waals surface area contributed by atoms with Crippen molar-refractivity contribution in [3.63, 3.8) is 0 Å². The van der Waals surface area contributed by atoms with Gasteiger partial charge in [-0.3, -0.25) is 4.79 Å². The number of ether oxygens (including phenoxy) is 1. The highest BCUT2D eigenvalue weighted by Gasteiger charge is 2.31. The predicted molar refractivity (Wildman–Crippen MR) is 111 cm³/mol. The van der Waals surface area contributed by atoms with Gasteiger partial charge in [-0.1, -0.05) is 18.2 Å². The molecule has 2 aromatic carbocycles. The molecule has 3 rings (SSSR count). The van der Waals surface area contributed by atoms with E-state index >= 15 is 0 Å². The van der Waals surface area contributed by atoms with Gasteiger partial charge in [-0.15, -0.1) is 0 Å². The lowest BCUT2D eigenvalue weighted by Gasteiger charge is -2.24. The van der Waals surface area contributed by atoms with E-state index in [0.717, 1.165) is 43.6 Å². The standard InChI is InChI=1S/C22H26F3N3O2/c1-27(15-16-7-3-4-8-20(16)30-2)21(29)14-26-18-13-17(22(23,24)25)9-10-19(18)28-11-5-6-12-28/h3-4,7-10,13,26H,5-6,11-12,14-15H2,1-2H3. The fraction of sp³-hybridized carbons (Fsp3) is 0.409. The van der Waals surface area contributed by atoms with Crippen LogP contribution in [0.3, 0.4) is 0 Å². The third-order valence-corrected chi connectivity index (χ3v) is 5.23. The van der Waals surface area contributed by atoms with Crippen LogP contribution in [0.5, 0.6) is 5.75 Å². The van der Waals surface area contributed by atoms with E-state index in [0.29, 0.717) is 23.7 Å². The number of anilines is 2. The van der Waals surface area contributed by atoms with Crippen molar-refractivity contribution in [2.75, 3.05) is 44.0 Å². The molecular formula is C22H26F3N3O2. The van der Waals surface area contributed by atoms with Crippen molar-refractivity contribution in [3.05, 3.63) is 53.6 Å². The van der Waals surface area contributed by atoms with E-state index in [9.17, 15) is 18.0 Å². The summed E-state index contributed by atoms with van der Waals surface area (Å²) in [5.74, 6) is 0.449. The predicted octanol–water partition coefficient (Wildman–Crippen LogP) is 4.38. The number of rotatable bonds is 7. The number of benzene rings is 2. The van der Waals surface area contributed by atoms with E-state index in [1.54, 1.807) is 14.2 Å². The first-order chi connectivity index (χ1) is 14.3. The van der Waals surface area contributed by atoms with Crippen LogP contribution in [0.4, 0.5) is 24.5 Å². The summed E-state index contributed by atoms with van der Waals surface area (Å²) in [6.45, 7) is 1.82. The summed E-state index contributed by atoms with van der Waals surface area (Å²) in [6, 6.07) is 11.1. The van der Waals surface area contributed by atoms with Crippen molar-refractivity contribution in [2.45, 2.75) is 25.6 Å². The first-order valence-corrected chi connectivity index (χ1v) is 9.85. The van der Waals surface area contributed by atoms with Crippen molar-refractivity contribution in [1.82, 2.24) is 4.90 Å². The summed E-state index contributed by atoms with van der Waals surface area (Å²) < 4.78 is 44.9. The summed E-state index contributed by atoms with van der Waals surface area (Å²) in [5.41, 5.74) is 1.14.